The van der Waals surface area contributed by atoms with Crippen molar-refractivity contribution in [3.63, 3.8) is 0 Å². The van der Waals surface area contributed by atoms with Gasteiger partial charge in [0.15, 0.2) is 0 Å². The zero-order valence-electron chi connectivity index (χ0n) is 15.1. The van der Waals surface area contributed by atoms with E-state index in [0.29, 0.717) is 31.3 Å². The van der Waals surface area contributed by atoms with Gasteiger partial charge in [-0.25, -0.2) is 8.78 Å². The molecule has 1 aromatic heterocycles. The topological polar surface area (TPSA) is 59.2 Å². The number of rotatable bonds is 4. The standard InChI is InChI=1S/C21H19F2N3O2/c22-16-9-7-14(8-10-16)12-19-24-25-20(28-19)15-4-3-11-26(13-15)21(27)17-5-1-2-6-18(17)23/h1-2,5-10,15H,3-4,11-13H2/t15-/m1/s1. The number of halogens is 2. The fourth-order valence-electron chi connectivity index (χ4n) is 3.45. The molecule has 0 spiro atoms. The third kappa shape index (κ3) is 3.93. The van der Waals surface area contributed by atoms with Gasteiger partial charge in [-0.05, 0) is 42.7 Å². The number of nitrogens with zero attached hydrogens (tertiary/aromatic N) is 3. The summed E-state index contributed by atoms with van der Waals surface area (Å²) in [6, 6.07) is 12.1. The minimum atomic E-state index is -0.519. The highest BCUT2D eigenvalue weighted by Crippen LogP contribution is 2.27. The molecule has 1 atom stereocenters. The normalized spacial score (nSPS) is 16.9. The van der Waals surface area contributed by atoms with Crippen molar-refractivity contribution in [2.75, 3.05) is 13.1 Å². The Kier molecular flexibility index (Phi) is 5.14. The van der Waals surface area contributed by atoms with Gasteiger partial charge < -0.3 is 9.32 Å². The molecule has 1 aliphatic rings. The van der Waals surface area contributed by atoms with Crippen molar-refractivity contribution in [1.82, 2.24) is 15.1 Å². The Balaban J connectivity index is 1.45. The molecule has 2 aromatic carbocycles. The van der Waals surface area contributed by atoms with Gasteiger partial charge in [0, 0.05) is 13.1 Å². The molecule has 1 amide bonds. The van der Waals surface area contributed by atoms with Crippen molar-refractivity contribution in [3.05, 3.63) is 83.1 Å². The number of aromatic nitrogens is 2. The Morgan fingerprint density at radius 1 is 1.11 bits per heavy atom. The highest BCUT2D eigenvalue weighted by atomic mass is 19.1. The van der Waals surface area contributed by atoms with Gasteiger partial charge >= 0.3 is 0 Å². The monoisotopic (exact) mass is 383 g/mol. The van der Waals surface area contributed by atoms with Crippen LogP contribution < -0.4 is 0 Å². The Bertz CT molecular complexity index is 972. The van der Waals surface area contributed by atoms with Crippen LogP contribution in [-0.2, 0) is 6.42 Å². The number of hydrogen-bond acceptors (Lipinski definition) is 4. The van der Waals surface area contributed by atoms with E-state index >= 15 is 0 Å². The molecule has 5 nitrogen and oxygen atoms in total. The van der Waals surface area contributed by atoms with Crippen molar-refractivity contribution >= 4 is 5.91 Å². The third-order valence-electron chi connectivity index (χ3n) is 4.91. The van der Waals surface area contributed by atoms with Crippen LogP contribution >= 0.6 is 0 Å². The summed E-state index contributed by atoms with van der Waals surface area (Å²) in [5.41, 5.74) is 0.947. The zero-order valence-corrected chi connectivity index (χ0v) is 15.1. The second-order valence-corrected chi connectivity index (χ2v) is 6.91. The Hall–Kier alpha value is -3.09. The lowest BCUT2D eigenvalue weighted by Crippen LogP contribution is -2.39. The first-order chi connectivity index (χ1) is 13.6. The first kappa shape index (κ1) is 18.3. The van der Waals surface area contributed by atoms with E-state index < -0.39 is 5.82 Å². The predicted octanol–water partition coefficient (Wildman–Crippen LogP) is 3.96. The van der Waals surface area contributed by atoms with Crippen LogP contribution in [0.5, 0.6) is 0 Å². The van der Waals surface area contributed by atoms with Crippen molar-refractivity contribution in [2.24, 2.45) is 0 Å². The number of piperidine rings is 1. The second kappa shape index (κ2) is 7.88. The zero-order chi connectivity index (χ0) is 19.5. The van der Waals surface area contributed by atoms with Crippen LogP contribution in [0.15, 0.2) is 52.9 Å². The first-order valence-corrected chi connectivity index (χ1v) is 9.20. The van der Waals surface area contributed by atoms with Crippen molar-refractivity contribution < 1.29 is 18.0 Å². The number of likely N-dealkylation sites (tertiary alicyclic amines) is 1. The van der Waals surface area contributed by atoms with E-state index in [1.54, 1.807) is 29.2 Å². The summed E-state index contributed by atoms with van der Waals surface area (Å²) in [5.74, 6) is -0.305. The summed E-state index contributed by atoms with van der Waals surface area (Å²) in [6.07, 6.45) is 2.01. The van der Waals surface area contributed by atoms with E-state index in [2.05, 4.69) is 10.2 Å². The van der Waals surface area contributed by atoms with Gasteiger partial charge in [0.25, 0.3) is 5.91 Å². The van der Waals surface area contributed by atoms with E-state index in [0.717, 1.165) is 18.4 Å². The molecule has 1 fully saturated rings. The lowest BCUT2D eigenvalue weighted by Gasteiger charge is -2.31. The molecule has 7 heteroatoms. The molecule has 0 bridgehead atoms. The van der Waals surface area contributed by atoms with Crippen molar-refractivity contribution in [3.8, 4) is 0 Å². The van der Waals surface area contributed by atoms with E-state index in [9.17, 15) is 13.6 Å². The lowest BCUT2D eigenvalue weighted by molar-refractivity contribution is 0.0693. The first-order valence-electron chi connectivity index (χ1n) is 9.20. The van der Waals surface area contributed by atoms with E-state index in [4.69, 9.17) is 4.42 Å². The average Bonchev–Trinajstić information content (AvgIpc) is 3.18. The van der Waals surface area contributed by atoms with Gasteiger partial charge in [-0.1, -0.05) is 24.3 Å². The van der Waals surface area contributed by atoms with Gasteiger partial charge in [-0.3, -0.25) is 4.79 Å². The molecule has 3 aromatic rings. The van der Waals surface area contributed by atoms with Crippen molar-refractivity contribution in [1.29, 1.82) is 0 Å². The molecule has 1 saturated heterocycles. The molecule has 0 unspecified atom stereocenters. The van der Waals surface area contributed by atoms with Gasteiger partial charge in [-0.15, -0.1) is 10.2 Å². The molecule has 0 radical (unpaired) electrons. The third-order valence-corrected chi connectivity index (χ3v) is 4.91. The SMILES string of the molecule is O=C(c1ccccc1F)N1CCC[C@@H](c2nnc(Cc3ccc(F)cc3)o2)C1. The summed E-state index contributed by atoms with van der Waals surface area (Å²) >= 11 is 0. The molecule has 0 N–H and O–H groups in total. The van der Waals surface area contributed by atoms with E-state index in [1.807, 2.05) is 0 Å². The molecule has 144 valence electrons. The van der Waals surface area contributed by atoms with Crippen LogP contribution in [-0.4, -0.2) is 34.1 Å². The molecule has 0 saturated carbocycles. The van der Waals surface area contributed by atoms with Gasteiger partial charge in [0.1, 0.15) is 11.6 Å². The van der Waals surface area contributed by atoms with Crippen LogP contribution in [0.1, 0.15) is 46.5 Å². The van der Waals surface area contributed by atoms with Gasteiger partial charge in [-0.2, -0.15) is 0 Å². The maximum Gasteiger partial charge on any atom is 0.256 e. The smallest absolute Gasteiger partial charge is 0.256 e. The highest BCUT2D eigenvalue weighted by molar-refractivity contribution is 5.94. The summed E-state index contributed by atoms with van der Waals surface area (Å²) in [7, 11) is 0. The number of amides is 1. The maximum absolute atomic E-state index is 13.9. The summed E-state index contributed by atoms with van der Waals surface area (Å²) in [5, 5.41) is 8.21. The average molecular weight is 383 g/mol. The van der Waals surface area contributed by atoms with E-state index in [1.165, 1.54) is 24.3 Å². The molecular formula is C21H19F2N3O2. The van der Waals surface area contributed by atoms with Crippen LogP contribution in [0.3, 0.4) is 0 Å². The lowest BCUT2D eigenvalue weighted by atomic mass is 9.97. The minimum absolute atomic E-state index is 0.0747. The predicted molar refractivity (Wildman–Crippen MR) is 97.8 cm³/mol. The molecule has 1 aliphatic heterocycles. The number of hydrogen-bond donors (Lipinski definition) is 0. The number of carbonyl (C=O) groups is 1. The molecule has 28 heavy (non-hydrogen) atoms. The Morgan fingerprint density at radius 2 is 1.89 bits per heavy atom. The minimum Gasteiger partial charge on any atom is -0.425 e. The molecular weight excluding hydrogens is 364 g/mol. The van der Waals surface area contributed by atoms with Gasteiger partial charge in [0.2, 0.25) is 11.8 Å². The molecule has 0 aliphatic carbocycles. The summed E-state index contributed by atoms with van der Waals surface area (Å²) in [6.45, 7) is 0.978. The van der Waals surface area contributed by atoms with E-state index in [-0.39, 0.29) is 23.2 Å². The van der Waals surface area contributed by atoms with Crippen LogP contribution in [0, 0.1) is 11.6 Å². The Labute approximate surface area is 161 Å². The number of carbonyl (C=O) groups excluding carboxylic acids is 1. The summed E-state index contributed by atoms with van der Waals surface area (Å²) < 4.78 is 32.7. The highest BCUT2D eigenvalue weighted by Gasteiger charge is 2.29. The van der Waals surface area contributed by atoms with Crippen LogP contribution in [0.25, 0.3) is 0 Å². The second-order valence-electron chi connectivity index (χ2n) is 6.91. The maximum atomic E-state index is 13.9. The van der Waals surface area contributed by atoms with Crippen molar-refractivity contribution in [2.45, 2.75) is 25.2 Å². The van der Waals surface area contributed by atoms with Crippen LogP contribution in [0.2, 0.25) is 0 Å². The summed E-state index contributed by atoms with van der Waals surface area (Å²) in [4.78, 5) is 14.3. The molecule has 2 heterocycles. The Morgan fingerprint density at radius 3 is 2.68 bits per heavy atom. The van der Waals surface area contributed by atoms with Crippen LogP contribution in [0.4, 0.5) is 8.78 Å². The van der Waals surface area contributed by atoms with Gasteiger partial charge in [0.05, 0.1) is 17.9 Å². The fraction of sp³-hybridized carbons (Fsp3) is 0.286. The number of benzene rings is 2. The molecule has 4 rings (SSSR count). The quantitative estimate of drug-likeness (QED) is 0.684. The fourth-order valence-corrected chi connectivity index (χ4v) is 3.45. The largest absolute Gasteiger partial charge is 0.425 e.